The summed E-state index contributed by atoms with van der Waals surface area (Å²) in [6.07, 6.45) is 1.07. The molecule has 0 radical (unpaired) electrons. The molecule has 0 saturated carbocycles. The number of phenols is 1. The van der Waals surface area contributed by atoms with E-state index >= 15 is 0 Å². The second kappa shape index (κ2) is 5.40. The van der Waals surface area contributed by atoms with E-state index in [1.165, 1.54) is 6.07 Å². The molecule has 2 atom stereocenters. The van der Waals surface area contributed by atoms with Crippen molar-refractivity contribution in [2.75, 3.05) is 13.1 Å². The maximum absolute atomic E-state index is 12.1. The fourth-order valence-electron chi connectivity index (χ4n) is 2.19. The fourth-order valence-corrected chi connectivity index (χ4v) is 2.19. The molecule has 2 unspecified atom stereocenters. The zero-order valence-corrected chi connectivity index (χ0v) is 10.9. The van der Waals surface area contributed by atoms with Crippen LogP contribution >= 0.6 is 0 Å². The number of nitrogens with one attached hydrogen (secondary N) is 2. The normalized spacial score (nSPS) is 23.7. The van der Waals surface area contributed by atoms with E-state index in [1.54, 1.807) is 12.1 Å². The molecule has 1 aliphatic heterocycles. The SMILES string of the molecule is Cc1ccc(C(=O)NC2CNCCC2C)cc1O. The summed E-state index contributed by atoms with van der Waals surface area (Å²) >= 11 is 0. The summed E-state index contributed by atoms with van der Waals surface area (Å²) in [4.78, 5) is 12.1. The van der Waals surface area contributed by atoms with E-state index in [0.29, 0.717) is 11.5 Å². The molecule has 1 saturated heterocycles. The molecule has 18 heavy (non-hydrogen) atoms. The minimum absolute atomic E-state index is 0.120. The molecule has 2 rings (SSSR count). The number of phenolic OH excluding ortho intramolecular Hbond substituents is 1. The van der Waals surface area contributed by atoms with Gasteiger partial charge in [-0.25, -0.2) is 0 Å². The van der Waals surface area contributed by atoms with Gasteiger partial charge in [-0.05, 0) is 43.5 Å². The maximum atomic E-state index is 12.1. The zero-order chi connectivity index (χ0) is 13.1. The van der Waals surface area contributed by atoms with Gasteiger partial charge in [0.1, 0.15) is 5.75 Å². The number of carbonyl (C=O) groups is 1. The van der Waals surface area contributed by atoms with Crippen LogP contribution in [0.1, 0.15) is 29.3 Å². The average Bonchev–Trinajstić information content (AvgIpc) is 2.35. The highest BCUT2D eigenvalue weighted by atomic mass is 16.3. The van der Waals surface area contributed by atoms with Crippen LogP contribution in [0.5, 0.6) is 5.75 Å². The Morgan fingerprint density at radius 2 is 2.28 bits per heavy atom. The summed E-state index contributed by atoms with van der Waals surface area (Å²) in [6, 6.07) is 5.18. The van der Waals surface area contributed by atoms with E-state index in [0.717, 1.165) is 25.1 Å². The minimum atomic E-state index is -0.120. The molecule has 1 amide bonds. The lowest BCUT2D eigenvalue weighted by Crippen LogP contribution is -2.50. The van der Waals surface area contributed by atoms with Gasteiger partial charge in [-0.3, -0.25) is 4.79 Å². The third-order valence-electron chi connectivity index (χ3n) is 3.62. The first-order valence-corrected chi connectivity index (χ1v) is 6.39. The summed E-state index contributed by atoms with van der Waals surface area (Å²) in [6.45, 7) is 5.78. The number of hydrogen-bond donors (Lipinski definition) is 3. The Bertz CT molecular complexity index is 445. The zero-order valence-electron chi connectivity index (χ0n) is 10.9. The number of rotatable bonds is 2. The monoisotopic (exact) mass is 248 g/mol. The van der Waals surface area contributed by atoms with Crippen LogP contribution in [0.2, 0.25) is 0 Å². The minimum Gasteiger partial charge on any atom is -0.508 e. The third kappa shape index (κ3) is 2.82. The fraction of sp³-hybridized carbons (Fsp3) is 0.500. The molecule has 98 valence electrons. The summed E-state index contributed by atoms with van der Waals surface area (Å²) in [5.41, 5.74) is 1.29. The van der Waals surface area contributed by atoms with Gasteiger partial charge < -0.3 is 15.7 Å². The molecule has 1 aromatic rings. The third-order valence-corrected chi connectivity index (χ3v) is 3.62. The van der Waals surface area contributed by atoms with Gasteiger partial charge in [-0.15, -0.1) is 0 Å². The summed E-state index contributed by atoms with van der Waals surface area (Å²) in [5.74, 6) is 0.526. The highest BCUT2D eigenvalue weighted by molar-refractivity contribution is 5.94. The first kappa shape index (κ1) is 12.9. The lowest BCUT2D eigenvalue weighted by Gasteiger charge is -2.30. The van der Waals surface area contributed by atoms with Crippen LogP contribution in [0.4, 0.5) is 0 Å². The van der Waals surface area contributed by atoms with Crippen LogP contribution in [0, 0.1) is 12.8 Å². The van der Waals surface area contributed by atoms with Crippen molar-refractivity contribution in [1.82, 2.24) is 10.6 Å². The predicted octanol–water partition coefficient (Wildman–Crippen LogP) is 1.43. The number of amides is 1. The van der Waals surface area contributed by atoms with E-state index in [1.807, 2.05) is 6.92 Å². The number of benzene rings is 1. The van der Waals surface area contributed by atoms with Crippen LogP contribution in [0.15, 0.2) is 18.2 Å². The molecule has 0 spiro atoms. The summed E-state index contributed by atoms with van der Waals surface area (Å²) in [7, 11) is 0. The van der Waals surface area contributed by atoms with Crippen molar-refractivity contribution in [1.29, 1.82) is 0 Å². The lowest BCUT2D eigenvalue weighted by molar-refractivity contribution is 0.0915. The van der Waals surface area contributed by atoms with Gasteiger partial charge in [0.15, 0.2) is 0 Å². The molecule has 1 heterocycles. The van der Waals surface area contributed by atoms with Crippen molar-refractivity contribution in [2.24, 2.45) is 5.92 Å². The van der Waals surface area contributed by atoms with Crippen molar-refractivity contribution >= 4 is 5.91 Å². The molecule has 0 aliphatic carbocycles. The number of aromatic hydroxyl groups is 1. The number of aryl methyl sites for hydroxylation is 1. The number of carbonyl (C=O) groups excluding carboxylic acids is 1. The van der Waals surface area contributed by atoms with Crippen molar-refractivity contribution in [2.45, 2.75) is 26.3 Å². The van der Waals surface area contributed by atoms with Gasteiger partial charge in [0.05, 0.1) is 0 Å². The van der Waals surface area contributed by atoms with Crippen molar-refractivity contribution in [3.05, 3.63) is 29.3 Å². The molecule has 1 fully saturated rings. The van der Waals surface area contributed by atoms with Crippen LogP contribution in [0.3, 0.4) is 0 Å². The van der Waals surface area contributed by atoms with E-state index in [2.05, 4.69) is 17.6 Å². The Balaban J connectivity index is 2.04. The summed E-state index contributed by atoms with van der Waals surface area (Å²) in [5, 5.41) is 15.9. The standard InChI is InChI=1S/C14H20N2O2/c1-9-5-6-15-8-12(9)16-14(18)11-4-3-10(2)13(17)7-11/h3-4,7,9,12,15,17H,5-6,8H2,1-2H3,(H,16,18). The van der Waals surface area contributed by atoms with Crippen LogP contribution in [0.25, 0.3) is 0 Å². The Kier molecular flexibility index (Phi) is 3.87. The van der Waals surface area contributed by atoms with Gasteiger partial charge >= 0.3 is 0 Å². The van der Waals surface area contributed by atoms with Crippen LogP contribution in [-0.4, -0.2) is 30.1 Å². The second-order valence-electron chi connectivity index (χ2n) is 5.05. The first-order chi connectivity index (χ1) is 8.58. The predicted molar refractivity (Wildman–Crippen MR) is 70.7 cm³/mol. The molecule has 1 aromatic carbocycles. The Labute approximate surface area is 107 Å². The average molecular weight is 248 g/mol. The maximum Gasteiger partial charge on any atom is 0.251 e. The first-order valence-electron chi connectivity index (χ1n) is 6.39. The smallest absolute Gasteiger partial charge is 0.251 e. The summed E-state index contributed by atoms with van der Waals surface area (Å²) < 4.78 is 0. The molecule has 0 aromatic heterocycles. The topological polar surface area (TPSA) is 61.4 Å². The molecular formula is C14H20N2O2. The Hall–Kier alpha value is -1.55. The Morgan fingerprint density at radius 1 is 1.50 bits per heavy atom. The largest absolute Gasteiger partial charge is 0.508 e. The molecule has 4 nitrogen and oxygen atoms in total. The molecule has 3 N–H and O–H groups in total. The number of piperidine rings is 1. The van der Waals surface area contributed by atoms with Crippen LogP contribution in [-0.2, 0) is 0 Å². The van der Waals surface area contributed by atoms with Crippen molar-refractivity contribution in [3.8, 4) is 5.75 Å². The van der Waals surface area contributed by atoms with Crippen molar-refractivity contribution < 1.29 is 9.90 Å². The van der Waals surface area contributed by atoms with Gasteiger partial charge in [-0.1, -0.05) is 13.0 Å². The molecule has 0 bridgehead atoms. The highest BCUT2D eigenvalue weighted by Crippen LogP contribution is 2.18. The number of hydrogen-bond acceptors (Lipinski definition) is 3. The van der Waals surface area contributed by atoms with E-state index in [4.69, 9.17) is 0 Å². The van der Waals surface area contributed by atoms with Crippen LogP contribution < -0.4 is 10.6 Å². The van der Waals surface area contributed by atoms with Gasteiger partial charge in [0.2, 0.25) is 0 Å². The van der Waals surface area contributed by atoms with Gasteiger partial charge in [0, 0.05) is 18.2 Å². The molecule has 4 heteroatoms. The lowest BCUT2D eigenvalue weighted by atomic mass is 9.94. The van der Waals surface area contributed by atoms with E-state index in [9.17, 15) is 9.90 Å². The molecule has 1 aliphatic rings. The van der Waals surface area contributed by atoms with Gasteiger partial charge in [-0.2, -0.15) is 0 Å². The van der Waals surface area contributed by atoms with E-state index < -0.39 is 0 Å². The second-order valence-corrected chi connectivity index (χ2v) is 5.05. The Morgan fingerprint density at radius 3 is 2.94 bits per heavy atom. The molecular weight excluding hydrogens is 228 g/mol. The quantitative estimate of drug-likeness (QED) is 0.742. The van der Waals surface area contributed by atoms with Gasteiger partial charge in [0.25, 0.3) is 5.91 Å². The highest BCUT2D eigenvalue weighted by Gasteiger charge is 2.23. The van der Waals surface area contributed by atoms with Crippen molar-refractivity contribution in [3.63, 3.8) is 0 Å². The van der Waals surface area contributed by atoms with E-state index in [-0.39, 0.29) is 17.7 Å².